The second kappa shape index (κ2) is 9.15. The lowest BCUT2D eigenvalue weighted by Crippen LogP contribution is -2.44. The monoisotopic (exact) mass is 469 g/mol. The van der Waals surface area contributed by atoms with Crippen LogP contribution in [-0.2, 0) is 14.8 Å². The molecule has 2 aliphatic heterocycles. The number of benzene rings is 2. The molecular formula is C24H31N5O3S. The number of aryl methyl sites for hydroxylation is 1. The first-order valence-corrected chi connectivity index (χ1v) is 12.7. The van der Waals surface area contributed by atoms with Gasteiger partial charge in [0.05, 0.1) is 4.90 Å². The van der Waals surface area contributed by atoms with Gasteiger partial charge in [-0.1, -0.05) is 26.0 Å². The van der Waals surface area contributed by atoms with Crippen molar-refractivity contribution < 1.29 is 13.2 Å². The summed E-state index contributed by atoms with van der Waals surface area (Å²) in [6.45, 7) is 9.85. The van der Waals surface area contributed by atoms with Gasteiger partial charge < -0.3 is 15.1 Å². The van der Waals surface area contributed by atoms with Gasteiger partial charge in [0.25, 0.3) is 10.0 Å². The molecule has 176 valence electrons. The second-order valence-electron chi connectivity index (χ2n) is 9.05. The molecule has 4 rings (SSSR count). The van der Waals surface area contributed by atoms with E-state index in [1.807, 2.05) is 39.0 Å². The maximum absolute atomic E-state index is 13.1. The molecule has 2 N–H and O–H groups in total. The van der Waals surface area contributed by atoms with E-state index in [1.54, 1.807) is 18.2 Å². The minimum absolute atomic E-state index is 0.125. The van der Waals surface area contributed by atoms with Crippen LogP contribution in [0, 0.1) is 12.8 Å². The summed E-state index contributed by atoms with van der Waals surface area (Å²) in [6.07, 6.45) is 0. The average molecular weight is 470 g/mol. The van der Waals surface area contributed by atoms with E-state index in [1.165, 1.54) is 11.8 Å². The third kappa shape index (κ3) is 4.89. The van der Waals surface area contributed by atoms with E-state index in [2.05, 4.69) is 31.9 Å². The number of aliphatic imine (C=N–C) groups is 1. The van der Waals surface area contributed by atoms with Crippen molar-refractivity contribution in [1.82, 2.24) is 9.62 Å². The van der Waals surface area contributed by atoms with Gasteiger partial charge >= 0.3 is 0 Å². The molecule has 0 radical (unpaired) electrons. The first-order chi connectivity index (χ1) is 15.7. The molecule has 9 heteroatoms. The SMILES string of the molecule is Cc1cc(NC(=O)[C@@H](N=C2NS(=O)(=O)c3ccccc32)C(C)C)ccc1N1CCN(C)CC1. The van der Waals surface area contributed by atoms with Crippen LogP contribution in [0.25, 0.3) is 0 Å². The Morgan fingerprint density at radius 2 is 1.79 bits per heavy atom. The number of amidine groups is 1. The fourth-order valence-electron chi connectivity index (χ4n) is 4.23. The van der Waals surface area contributed by atoms with Crippen LogP contribution in [0.2, 0.25) is 0 Å². The highest BCUT2D eigenvalue weighted by atomic mass is 32.2. The van der Waals surface area contributed by atoms with Gasteiger partial charge in [0, 0.05) is 43.1 Å². The van der Waals surface area contributed by atoms with E-state index in [9.17, 15) is 13.2 Å². The van der Waals surface area contributed by atoms with Crippen molar-refractivity contribution in [3.05, 3.63) is 53.6 Å². The van der Waals surface area contributed by atoms with Crippen LogP contribution in [-0.4, -0.2) is 64.3 Å². The summed E-state index contributed by atoms with van der Waals surface area (Å²) in [5, 5.41) is 2.97. The second-order valence-corrected chi connectivity index (χ2v) is 10.7. The van der Waals surface area contributed by atoms with Crippen LogP contribution in [0.5, 0.6) is 0 Å². The minimum Gasteiger partial charge on any atom is -0.369 e. The summed E-state index contributed by atoms with van der Waals surface area (Å²) >= 11 is 0. The van der Waals surface area contributed by atoms with Crippen LogP contribution < -0.4 is 14.9 Å². The van der Waals surface area contributed by atoms with Crippen LogP contribution in [0.4, 0.5) is 11.4 Å². The van der Waals surface area contributed by atoms with Crippen molar-refractivity contribution in [3.8, 4) is 0 Å². The molecule has 0 spiro atoms. The number of carbonyl (C=O) groups is 1. The molecule has 0 aromatic heterocycles. The highest BCUT2D eigenvalue weighted by Crippen LogP contribution is 2.26. The van der Waals surface area contributed by atoms with Gasteiger partial charge in [-0.3, -0.25) is 14.5 Å². The van der Waals surface area contributed by atoms with Crippen molar-refractivity contribution in [2.45, 2.75) is 31.7 Å². The third-order valence-electron chi connectivity index (χ3n) is 6.14. The molecule has 0 saturated carbocycles. The molecule has 2 heterocycles. The van der Waals surface area contributed by atoms with E-state index in [0.717, 1.165) is 31.7 Å². The maximum atomic E-state index is 13.1. The summed E-state index contributed by atoms with van der Waals surface area (Å²) in [7, 11) is -1.52. The molecule has 1 amide bonds. The lowest BCUT2D eigenvalue weighted by atomic mass is 10.0. The zero-order valence-electron chi connectivity index (χ0n) is 19.5. The Morgan fingerprint density at radius 1 is 1.09 bits per heavy atom. The smallest absolute Gasteiger partial charge is 0.263 e. The van der Waals surface area contributed by atoms with Gasteiger partial charge in [-0.05, 0) is 55.8 Å². The van der Waals surface area contributed by atoms with Gasteiger partial charge in [0.15, 0.2) is 0 Å². The van der Waals surface area contributed by atoms with Crippen molar-refractivity contribution >= 4 is 33.1 Å². The molecule has 1 saturated heterocycles. The Labute approximate surface area is 195 Å². The predicted molar refractivity (Wildman–Crippen MR) is 131 cm³/mol. The zero-order valence-corrected chi connectivity index (χ0v) is 20.3. The largest absolute Gasteiger partial charge is 0.369 e. The van der Waals surface area contributed by atoms with Gasteiger partial charge in [-0.25, -0.2) is 8.42 Å². The molecule has 0 bridgehead atoms. The number of hydrogen-bond donors (Lipinski definition) is 2. The lowest BCUT2D eigenvalue weighted by molar-refractivity contribution is -0.118. The summed E-state index contributed by atoms with van der Waals surface area (Å²) < 4.78 is 27.3. The molecule has 1 fully saturated rings. The van der Waals surface area contributed by atoms with E-state index in [-0.39, 0.29) is 22.6 Å². The lowest BCUT2D eigenvalue weighted by Gasteiger charge is -2.35. The predicted octanol–water partition coefficient (Wildman–Crippen LogP) is 2.45. The highest BCUT2D eigenvalue weighted by molar-refractivity contribution is 7.90. The van der Waals surface area contributed by atoms with Crippen LogP contribution in [0.3, 0.4) is 0 Å². The number of piperazine rings is 1. The van der Waals surface area contributed by atoms with Gasteiger partial charge in [0.2, 0.25) is 5.91 Å². The standard InChI is InChI=1S/C24H31N5O3S/c1-16(2)22(26-23-19-7-5-6-8-21(19)33(31,32)27-23)24(30)25-18-9-10-20(17(3)15-18)29-13-11-28(4)12-14-29/h5-10,15-16,22H,11-14H2,1-4H3,(H,25,30)(H,26,27)/t22-/m0/s1. The van der Waals surface area contributed by atoms with Gasteiger partial charge in [0.1, 0.15) is 11.9 Å². The quantitative estimate of drug-likeness (QED) is 0.702. The molecule has 8 nitrogen and oxygen atoms in total. The highest BCUT2D eigenvalue weighted by Gasteiger charge is 2.32. The Kier molecular flexibility index (Phi) is 6.45. The number of carbonyl (C=O) groups excluding carboxylic acids is 1. The van der Waals surface area contributed by atoms with Crippen molar-refractivity contribution in [2.24, 2.45) is 10.9 Å². The molecule has 2 aliphatic rings. The number of fused-ring (bicyclic) bond motifs is 1. The maximum Gasteiger partial charge on any atom is 0.263 e. The first-order valence-electron chi connectivity index (χ1n) is 11.2. The Morgan fingerprint density at radius 3 is 2.45 bits per heavy atom. The number of nitrogens with zero attached hydrogens (tertiary/aromatic N) is 3. The number of anilines is 2. The van der Waals surface area contributed by atoms with Gasteiger partial charge in [-0.15, -0.1) is 0 Å². The Bertz CT molecular complexity index is 1180. The minimum atomic E-state index is -3.66. The summed E-state index contributed by atoms with van der Waals surface area (Å²) in [6, 6.07) is 11.9. The van der Waals surface area contributed by atoms with Crippen molar-refractivity contribution in [2.75, 3.05) is 43.4 Å². The van der Waals surface area contributed by atoms with Crippen molar-refractivity contribution in [1.29, 1.82) is 0 Å². The Hall–Kier alpha value is -2.91. The number of nitrogens with one attached hydrogen (secondary N) is 2. The van der Waals surface area contributed by atoms with Crippen LogP contribution in [0.1, 0.15) is 25.0 Å². The van der Waals surface area contributed by atoms with Crippen LogP contribution >= 0.6 is 0 Å². The molecule has 33 heavy (non-hydrogen) atoms. The average Bonchev–Trinajstić information content (AvgIpc) is 3.03. The van der Waals surface area contributed by atoms with E-state index >= 15 is 0 Å². The number of hydrogen-bond acceptors (Lipinski definition) is 6. The summed E-state index contributed by atoms with van der Waals surface area (Å²) in [5.74, 6) is -0.186. The van der Waals surface area contributed by atoms with Crippen molar-refractivity contribution in [3.63, 3.8) is 0 Å². The first kappa shape index (κ1) is 23.3. The van der Waals surface area contributed by atoms with E-state index in [0.29, 0.717) is 11.3 Å². The zero-order chi connectivity index (χ0) is 23.8. The van der Waals surface area contributed by atoms with Gasteiger partial charge in [-0.2, -0.15) is 0 Å². The summed E-state index contributed by atoms with van der Waals surface area (Å²) in [5.41, 5.74) is 3.47. The topological polar surface area (TPSA) is 94.1 Å². The third-order valence-corrected chi connectivity index (χ3v) is 7.54. The normalized spacial score (nSPS) is 19.9. The Balaban J connectivity index is 1.53. The number of likely N-dealkylation sites (N-methyl/N-ethyl adjacent to an activating group) is 1. The molecule has 2 aromatic rings. The van der Waals surface area contributed by atoms with Crippen LogP contribution in [0.15, 0.2) is 52.4 Å². The molecule has 1 atom stereocenters. The number of amides is 1. The summed E-state index contributed by atoms with van der Waals surface area (Å²) in [4.78, 5) is 22.5. The molecule has 0 aliphatic carbocycles. The fourth-order valence-corrected chi connectivity index (χ4v) is 5.47. The number of sulfonamides is 1. The molecule has 2 aromatic carbocycles. The van der Waals surface area contributed by atoms with E-state index in [4.69, 9.17) is 0 Å². The molecule has 0 unspecified atom stereocenters. The number of rotatable bonds is 5. The molecular weight excluding hydrogens is 438 g/mol. The van der Waals surface area contributed by atoms with E-state index < -0.39 is 16.1 Å². The fraction of sp³-hybridized carbons (Fsp3) is 0.417.